The first-order valence-corrected chi connectivity index (χ1v) is 12.0. The van der Waals surface area contributed by atoms with Gasteiger partial charge in [-0.05, 0) is 37.3 Å². The zero-order chi connectivity index (χ0) is 21.8. The number of rotatable bonds is 3. The normalized spacial score (nSPS) is 38.3. The van der Waals surface area contributed by atoms with Gasteiger partial charge in [-0.2, -0.15) is 0 Å². The van der Waals surface area contributed by atoms with E-state index in [9.17, 15) is 9.90 Å². The van der Waals surface area contributed by atoms with Crippen molar-refractivity contribution in [3.05, 3.63) is 41.5 Å². The highest BCUT2D eigenvalue weighted by Crippen LogP contribution is 2.56. The first kappa shape index (κ1) is 21.0. The maximum Gasteiger partial charge on any atom is 0.311 e. The summed E-state index contributed by atoms with van der Waals surface area (Å²) >= 11 is 0. The van der Waals surface area contributed by atoms with E-state index in [1.807, 2.05) is 0 Å². The van der Waals surface area contributed by atoms with Crippen LogP contribution in [0.5, 0.6) is 0 Å². The van der Waals surface area contributed by atoms with Gasteiger partial charge in [0.25, 0.3) is 0 Å². The highest BCUT2D eigenvalue weighted by atomic mass is 16.6. The fourth-order valence-corrected chi connectivity index (χ4v) is 6.64. The van der Waals surface area contributed by atoms with E-state index in [1.54, 1.807) is 0 Å². The molecule has 1 aromatic rings. The lowest BCUT2D eigenvalue weighted by Gasteiger charge is -2.52. The molecule has 2 aliphatic heterocycles. The second-order valence-electron chi connectivity index (χ2n) is 10.4. The zero-order valence-corrected chi connectivity index (χ0v) is 19.1. The number of esters is 1. The summed E-state index contributed by atoms with van der Waals surface area (Å²) in [5, 5.41) is 11.5. The van der Waals surface area contributed by atoms with Crippen molar-refractivity contribution in [2.24, 2.45) is 23.2 Å². The second-order valence-corrected chi connectivity index (χ2v) is 10.4. The molecule has 1 N–H and O–H groups in total. The molecule has 2 saturated heterocycles. The van der Waals surface area contributed by atoms with Gasteiger partial charge in [0, 0.05) is 56.2 Å². The number of carbonyl (C=O) groups is 1. The molecule has 4 aliphatic rings. The van der Waals surface area contributed by atoms with Gasteiger partial charge < -0.3 is 14.7 Å². The molecule has 0 aromatic heterocycles. The summed E-state index contributed by atoms with van der Waals surface area (Å²) in [5.74, 6) is 0.00505. The van der Waals surface area contributed by atoms with Gasteiger partial charge in [-0.25, -0.2) is 0 Å². The molecule has 31 heavy (non-hydrogen) atoms. The van der Waals surface area contributed by atoms with Gasteiger partial charge in [-0.15, -0.1) is 0 Å². The number of piperazine rings is 1. The SMILES string of the molecule is Cc1ccccc1N1CCN(C[C@@H]2C(=O)O[C@H]3CC4=CCC[C@@H](C)[C@]4(C)[C@@H](O)[C@@H]32)CC1. The van der Waals surface area contributed by atoms with E-state index in [0.29, 0.717) is 12.5 Å². The predicted octanol–water partition coefficient (Wildman–Crippen LogP) is 3.40. The minimum atomic E-state index is -0.516. The van der Waals surface area contributed by atoms with Crippen LogP contribution in [-0.2, 0) is 9.53 Å². The summed E-state index contributed by atoms with van der Waals surface area (Å²) in [7, 11) is 0. The lowest BCUT2D eigenvalue weighted by Crippen LogP contribution is -2.55. The van der Waals surface area contributed by atoms with Gasteiger partial charge in [-0.1, -0.05) is 43.7 Å². The Bertz CT molecular complexity index is 875. The van der Waals surface area contributed by atoms with Crippen molar-refractivity contribution in [3.63, 3.8) is 0 Å². The second kappa shape index (κ2) is 7.93. The van der Waals surface area contributed by atoms with Crippen LogP contribution in [0.4, 0.5) is 5.69 Å². The highest BCUT2D eigenvalue weighted by molar-refractivity contribution is 5.76. The third kappa shape index (κ3) is 3.41. The average Bonchev–Trinajstić information content (AvgIpc) is 3.06. The Labute approximate surface area is 186 Å². The van der Waals surface area contributed by atoms with Gasteiger partial charge in [-0.3, -0.25) is 9.69 Å². The first-order valence-electron chi connectivity index (χ1n) is 12.0. The molecule has 2 heterocycles. The summed E-state index contributed by atoms with van der Waals surface area (Å²) in [6.07, 6.45) is 4.59. The van der Waals surface area contributed by atoms with E-state index in [-0.39, 0.29) is 29.3 Å². The lowest BCUT2D eigenvalue weighted by molar-refractivity contribution is -0.145. The van der Waals surface area contributed by atoms with E-state index in [4.69, 9.17) is 4.74 Å². The Morgan fingerprint density at radius 2 is 1.94 bits per heavy atom. The molecule has 5 rings (SSSR count). The van der Waals surface area contributed by atoms with Gasteiger partial charge >= 0.3 is 5.97 Å². The number of para-hydroxylation sites is 1. The average molecular weight is 425 g/mol. The number of anilines is 1. The maximum atomic E-state index is 12.9. The number of ether oxygens (including phenoxy) is 1. The molecule has 6 atom stereocenters. The van der Waals surface area contributed by atoms with Crippen molar-refractivity contribution in [2.45, 2.75) is 52.2 Å². The Hall–Kier alpha value is -1.85. The summed E-state index contributed by atoms with van der Waals surface area (Å²) < 4.78 is 5.85. The number of aliphatic hydroxyl groups is 1. The van der Waals surface area contributed by atoms with Crippen LogP contribution in [-0.4, -0.2) is 60.9 Å². The topological polar surface area (TPSA) is 53.0 Å². The molecule has 168 valence electrons. The molecular formula is C26H36N2O3. The number of fused-ring (bicyclic) bond motifs is 2. The van der Waals surface area contributed by atoms with Crippen molar-refractivity contribution in [3.8, 4) is 0 Å². The minimum Gasteiger partial charge on any atom is -0.461 e. The van der Waals surface area contributed by atoms with Crippen LogP contribution >= 0.6 is 0 Å². The standard InChI is InChI=1S/C26H36N2O3/c1-17-7-4-5-10-21(17)28-13-11-27(12-14-28)16-20-23-22(31-25(20)30)15-19-9-6-8-18(2)26(19,3)24(23)29/h4-5,7,9-10,18,20,22-24,29H,6,8,11-16H2,1-3H3/t18-,20+,22+,23-,24+,26+/m1/s1. The van der Waals surface area contributed by atoms with Crippen LogP contribution in [0.3, 0.4) is 0 Å². The number of benzene rings is 1. The van der Waals surface area contributed by atoms with Crippen LogP contribution in [0.25, 0.3) is 0 Å². The maximum absolute atomic E-state index is 12.9. The van der Waals surface area contributed by atoms with Crippen molar-refractivity contribution in [1.82, 2.24) is 4.90 Å². The minimum absolute atomic E-state index is 0.0930. The van der Waals surface area contributed by atoms with E-state index in [0.717, 1.165) is 45.4 Å². The van der Waals surface area contributed by atoms with Gasteiger partial charge in [0.1, 0.15) is 6.10 Å². The number of aryl methyl sites for hydroxylation is 1. The Balaban J connectivity index is 1.28. The summed E-state index contributed by atoms with van der Waals surface area (Å²) in [4.78, 5) is 17.7. The van der Waals surface area contributed by atoms with E-state index < -0.39 is 6.10 Å². The van der Waals surface area contributed by atoms with Crippen LogP contribution < -0.4 is 4.90 Å². The van der Waals surface area contributed by atoms with Crippen molar-refractivity contribution >= 4 is 11.7 Å². The van der Waals surface area contributed by atoms with Crippen LogP contribution in [0.1, 0.15) is 38.7 Å². The lowest BCUT2D eigenvalue weighted by atomic mass is 9.55. The molecule has 0 unspecified atom stereocenters. The van der Waals surface area contributed by atoms with Crippen LogP contribution in [0, 0.1) is 30.1 Å². The highest BCUT2D eigenvalue weighted by Gasteiger charge is 2.59. The molecule has 3 fully saturated rings. The Morgan fingerprint density at radius 3 is 2.68 bits per heavy atom. The summed E-state index contributed by atoms with van der Waals surface area (Å²) in [6.45, 7) is 11.1. The first-order chi connectivity index (χ1) is 14.9. The Morgan fingerprint density at radius 1 is 1.19 bits per heavy atom. The number of nitrogens with zero attached hydrogens (tertiary/aromatic N) is 2. The van der Waals surface area contributed by atoms with Crippen LogP contribution in [0.2, 0.25) is 0 Å². The number of allylic oxidation sites excluding steroid dienone is 1. The summed E-state index contributed by atoms with van der Waals surface area (Å²) in [6, 6.07) is 8.54. The molecule has 0 amide bonds. The molecule has 5 nitrogen and oxygen atoms in total. The quantitative estimate of drug-likeness (QED) is 0.595. The molecule has 1 aromatic carbocycles. The molecule has 5 heteroatoms. The summed E-state index contributed by atoms with van der Waals surface area (Å²) in [5.41, 5.74) is 3.70. The van der Waals surface area contributed by atoms with Crippen molar-refractivity contribution < 1.29 is 14.6 Å². The fourth-order valence-electron chi connectivity index (χ4n) is 6.64. The largest absolute Gasteiger partial charge is 0.461 e. The molecule has 1 saturated carbocycles. The third-order valence-corrected chi connectivity index (χ3v) is 8.85. The van der Waals surface area contributed by atoms with E-state index >= 15 is 0 Å². The molecule has 0 radical (unpaired) electrons. The fraction of sp³-hybridized carbons (Fsp3) is 0.654. The smallest absolute Gasteiger partial charge is 0.311 e. The number of hydrogen-bond donors (Lipinski definition) is 1. The van der Waals surface area contributed by atoms with E-state index in [1.165, 1.54) is 16.8 Å². The zero-order valence-electron chi connectivity index (χ0n) is 19.1. The predicted molar refractivity (Wildman–Crippen MR) is 122 cm³/mol. The van der Waals surface area contributed by atoms with Crippen LogP contribution in [0.15, 0.2) is 35.9 Å². The third-order valence-electron chi connectivity index (χ3n) is 8.85. The monoisotopic (exact) mass is 424 g/mol. The number of aliphatic hydroxyl groups excluding tert-OH is 1. The van der Waals surface area contributed by atoms with Gasteiger partial charge in [0.2, 0.25) is 0 Å². The van der Waals surface area contributed by atoms with E-state index in [2.05, 4.69) is 60.9 Å². The Kier molecular flexibility index (Phi) is 5.38. The molecule has 0 bridgehead atoms. The number of carbonyl (C=O) groups excluding carboxylic acids is 1. The van der Waals surface area contributed by atoms with Gasteiger partial charge in [0.15, 0.2) is 0 Å². The molecule has 2 aliphatic carbocycles. The van der Waals surface area contributed by atoms with Gasteiger partial charge in [0.05, 0.1) is 12.0 Å². The van der Waals surface area contributed by atoms with Crippen molar-refractivity contribution in [1.29, 1.82) is 0 Å². The molecular weight excluding hydrogens is 388 g/mol. The number of hydrogen-bond acceptors (Lipinski definition) is 5. The molecule has 0 spiro atoms. The van der Waals surface area contributed by atoms with Crippen molar-refractivity contribution in [2.75, 3.05) is 37.6 Å².